The Bertz CT molecular complexity index is 558. The van der Waals surface area contributed by atoms with Crippen molar-refractivity contribution in [3.63, 3.8) is 0 Å². The minimum absolute atomic E-state index is 0.0761. The van der Waals surface area contributed by atoms with Crippen LogP contribution < -0.4 is 10.9 Å². The Balaban J connectivity index is 1.77. The number of nitrogens with zero attached hydrogens (tertiary/aromatic N) is 2. The molecule has 2 aliphatic heterocycles. The standard InChI is InChI=1S/C14H20BrN3O2/c1-8(2)7-18-14(19)13(15)11(6-16-18)17-10-5-9-3-4-12(10)20-9/h6,8-10,12,17H,3-5,7H2,1-2H3. The fourth-order valence-electron chi connectivity index (χ4n) is 3.03. The molecule has 6 heteroatoms. The van der Waals surface area contributed by atoms with E-state index < -0.39 is 0 Å². The van der Waals surface area contributed by atoms with Crippen LogP contribution in [0.15, 0.2) is 15.5 Å². The number of rotatable bonds is 4. The van der Waals surface area contributed by atoms with Gasteiger partial charge in [-0.1, -0.05) is 13.8 Å². The van der Waals surface area contributed by atoms with Gasteiger partial charge in [-0.3, -0.25) is 4.79 Å². The molecule has 20 heavy (non-hydrogen) atoms. The fraction of sp³-hybridized carbons (Fsp3) is 0.714. The second kappa shape index (κ2) is 5.48. The lowest BCUT2D eigenvalue weighted by Gasteiger charge is -2.22. The third-order valence-electron chi connectivity index (χ3n) is 3.97. The Kier molecular flexibility index (Phi) is 3.86. The van der Waals surface area contributed by atoms with Gasteiger partial charge in [-0.2, -0.15) is 5.10 Å². The van der Waals surface area contributed by atoms with Crippen molar-refractivity contribution < 1.29 is 4.74 Å². The zero-order valence-corrected chi connectivity index (χ0v) is 13.4. The molecule has 0 amide bonds. The second-order valence-corrected chi connectivity index (χ2v) is 6.91. The first-order chi connectivity index (χ1) is 9.54. The minimum atomic E-state index is -0.0761. The van der Waals surface area contributed by atoms with Crippen LogP contribution >= 0.6 is 15.9 Å². The molecule has 3 atom stereocenters. The van der Waals surface area contributed by atoms with E-state index in [2.05, 4.69) is 40.2 Å². The van der Waals surface area contributed by atoms with E-state index in [0.29, 0.717) is 29.1 Å². The highest BCUT2D eigenvalue weighted by molar-refractivity contribution is 9.10. The summed E-state index contributed by atoms with van der Waals surface area (Å²) in [6.45, 7) is 4.77. The first kappa shape index (κ1) is 14.1. The number of hydrogen-bond acceptors (Lipinski definition) is 4. The summed E-state index contributed by atoms with van der Waals surface area (Å²) in [6.07, 6.45) is 5.71. The van der Waals surface area contributed by atoms with Crippen LogP contribution in [0, 0.1) is 5.92 Å². The fourth-order valence-corrected chi connectivity index (χ4v) is 3.45. The molecule has 3 rings (SSSR count). The summed E-state index contributed by atoms with van der Waals surface area (Å²) in [7, 11) is 0. The molecule has 2 bridgehead atoms. The summed E-state index contributed by atoms with van der Waals surface area (Å²) in [4.78, 5) is 12.2. The average Bonchev–Trinajstić information content (AvgIpc) is 3.00. The first-order valence-corrected chi connectivity index (χ1v) is 8.01. The minimum Gasteiger partial charge on any atom is -0.377 e. The van der Waals surface area contributed by atoms with Gasteiger partial charge in [0.05, 0.1) is 30.1 Å². The average molecular weight is 342 g/mol. The van der Waals surface area contributed by atoms with Crippen molar-refractivity contribution in [1.29, 1.82) is 0 Å². The van der Waals surface area contributed by atoms with Crippen LogP contribution in [-0.2, 0) is 11.3 Å². The Morgan fingerprint density at radius 3 is 2.95 bits per heavy atom. The van der Waals surface area contributed by atoms with Gasteiger partial charge in [0.25, 0.3) is 5.56 Å². The van der Waals surface area contributed by atoms with Gasteiger partial charge in [0, 0.05) is 6.54 Å². The third-order valence-corrected chi connectivity index (χ3v) is 4.74. The van der Waals surface area contributed by atoms with Crippen molar-refractivity contribution in [2.24, 2.45) is 5.92 Å². The molecule has 0 aliphatic carbocycles. The number of hydrogen-bond donors (Lipinski definition) is 1. The Morgan fingerprint density at radius 1 is 1.55 bits per heavy atom. The highest BCUT2D eigenvalue weighted by Gasteiger charge is 2.40. The van der Waals surface area contributed by atoms with Crippen molar-refractivity contribution in [3.8, 4) is 0 Å². The summed E-state index contributed by atoms with van der Waals surface area (Å²) in [5.41, 5.74) is 0.698. The molecule has 0 spiro atoms. The van der Waals surface area contributed by atoms with E-state index in [-0.39, 0.29) is 11.7 Å². The van der Waals surface area contributed by atoms with E-state index in [1.54, 1.807) is 6.20 Å². The molecule has 2 saturated heterocycles. The van der Waals surface area contributed by atoms with Crippen LogP contribution in [0.2, 0.25) is 0 Å². The topological polar surface area (TPSA) is 56.1 Å². The lowest BCUT2D eigenvalue weighted by Crippen LogP contribution is -2.33. The van der Waals surface area contributed by atoms with Crippen LogP contribution in [0.25, 0.3) is 0 Å². The van der Waals surface area contributed by atoms with Gasteiger partial charge in [0.2, 0.25) is 0 Å². The highest BCUT2D eigenvalue weighted by atomic mass is 79.9. The molecule has 1 aromatic heterocycles. The normalized spacial score (nSPS) is 28.3. The van der Waals surface area contributed by atoms with Crippen molar-refractivity contribution in [1.82, 2.24) is 9.78 Å². The zero-order chi connectivity index (χ0) is 14.3. The van der Waals surface area contributed by atoms with Crippen molar-refractivity contribution in [2.75, 3.05) is 5.32 Å². The van der Waals surface area contributed by atoms with E-state index >= 15 is 0 Å². The molecule has 1 aromatic rings. The number of halogens is 1. The molecule has 0 aromatic carbocycles. The predicted molar refractivity (Wildman–Crippen MR) is 81.0 cm³/mol. The molecule has 5 nitrogen and oxygen atoms in total. The molecule has 1 N–H and O–H groups in total. The van der Waals surface area contributed by atoms with Crippen LogP contribution in [0.5, 0.6) is 0 Å². The van der Waals surface area contributed by atoms with E-state index in [4.69, 9.17) is 4.74 Å². The summed E-state index contributed by atoms with van der Waals surface area (Å²) >= 11 is 3.40. The van der Waals surface area contributed by atoms with Gasteiger partial charge >= 0.3 is 0 Å². The number of aromatic nitrogens is 2. The van der Waals surface area contributed by atoms with Gasteiger partial charge in [-0.15, -0.1) is 0 Å². The summed E-state index contributed by atoms with van der Waals surface area (Å²) in [5.74, 6) is 0.393. The number of ether oxygens (including phenoxy) is 1. The van der Waals surface area contributed by atoms with Gasteiger partial charge < -0.3 is 10.1 Å². The molecule has 110 valence electrons. The van der Waals surface area contributed by atoms with Crippen LogP contribution in [0.3, 0.4) is 0 Å². The maximum Gasteiger partial charge on any atom is 0.283 e. The van der Waals surface area contributed by atoms with E-state index in [1.807, 2.05) is 0 Å². The smallest absolute Gasteiger partial charge is 0.283 e. The summed E-state index contributed by atoms with van der Waals surface area (Å²) in [6, 6.07) is 0.298. The maximum absolute atomic E-state index is 12.2. The largest absolute Gasteiger partial charge is 0.377 e. The van der Waals surface area contributed by atoms with Crippen LogP contribution in [-0.4, -0.2) is 28.0 Å². The lowest BCUT2D eigenvalue weighted by molar-refractivity contribution is 0.102. The SMILES string of the molecule is CC(C)Cn1ncc(NC2CC3CCC2O3)c(Br)c1=O. The Labute approximate surface area is 126 Å². The molecule has 2 fully saturated rings. The van der Waals surface area contributed by atoms with Crippen LogP contribution in [0.1, 0.15) is 33.1 Å². The third kappa shape index (κ3) is 2.63. The monoisotopic (exact) mass is 341 g/mol. The Hall–Kier alpha value is -0.880. The van der Waals surface area contributed by atoms with Gasteiger partial charge in [0.1, 0.15) is 4.47 Å². The number of anilines is 1. The molecule has 2 aliphatic rings. The van der Waals surface area contributed by atoms with E-state index in [0.717, 1.165) is 24.9 Å². The number of fused-ring (bicyclic) bond motifs is 2. The number of nitrogens with one attached hydrogen (secondary N) is 1. The van der Waals surface area contributed by atoms with Crippen molar-refractivity contribution in [2.45, 2.75) is 57.9 Å². The van der Waals surface area contributed by atoms with Gasteiger partial charge in [-0.05, 0) is 41.1 Å². The van der Waals surface area contributed by atoms with E-state index in [9.17, 15) is 4.79 Å². The van der Waals surface area contributed by atoms with Crippen molar-refractivity contribution >= 4 is 21.6 Å². The zero-order valence-electron chi connectivity index (χ0n) is 11.8. The van der Waals surface area contributed by atoms with Gasteiger partial charge in [0.15, 0.2) is 0 Å². The molecular weight excluding hydrogens is 322 g/mol. The molecule has 0 saturated carbocycles. The Morgan fingerprint density at radius 2 is 2.35 bits per heavy atom. The maximum atomic E-state index is 12.2. The van der Waals surface area contributed by atoms with Gasteiger partial charge in [-0.25, -0.2) is 4.68 Å². The summed E-state index contributed by atoms with van der Waals surface area (Å²) < 4.78 is 7.90. The van der Waals surface area contributed by atoms with E-state index in [1.165, 1.54) is 4.68 Å². The second-order valence-electron chi connectivity index (χ2n) is 6.11. The van der Waals surface area contributed by atoms with Crippen LogP contribution in [0.4, 0.5) is 5.69 Å². The highest BCUT2D eigenvalue weighted by Crippen LogP contribution is 2.36. The molecular formula is C14H20BrN3O2. The molecule has 0 radical (unpaired) electrons. The first-order valence-electron chi connectivity index (χ1n) is 7.22. The predicted octanol–water partition coefficient (Wildman–Crippen LogP) is 2.39. The molecule has 3 heterocycles. The van der Waals surface area contributed by atoms with Crippen molar-refractivity contribution in [3.05, 3.63) is 21.0 Å². The summed E-state index contributed by atoms with van der Waals surface area (Å²) in [5, 5.41) is 7.67. The quantitative estimate of drug-likeness (QED) is 0.913. The molecule has 3 unspecified atom stereocenters. The lowest BCUT2D eigenvalue weighted by atomic mass is 9.95.